The summed E-state index contributed by atoms with van der Waals surface area (Å²) in [6.45, 7) is 0.264. The molecule has 0 spiro atoms. The Bertz CT molecular complexity index is 588. The maximum atomic E-state index is 12.7. The van der Waals surface area contributed by atoms with Gasteiger partial charge < -0.3 is 15.4 Å². The first-order valence-electron chi connectivity index (χ1n) is 5.91. The average Bonchev–Trinajstić information content (AvgIpc) is 2.46. The number of carbonyl (C=O) groups excluding carboxylic acids is 1. The van der Waals surface area contributed by atoms with E-state index < -0.39 is 18.8 Å². The molecule has 2 rings (SSSR count). The number of aromatic nitrogens is 1. The normalized spacial score (nSPS) is 10.2. The molecule has 0 unspecified atom stereocenters. The number of hydrogen-bond donors (Lipinski definition) is 3. The van der Waals surface area contributed by atoms with Crippen molar-refractivity contribution in [2.75, 3.05) is 0 Å². The Balaban J connectivity index is 1.94. The van der Waals surface area contributed by atoms with Gasteiger partial charge in [0, 0.05) is 6.54 Å². The summed E-state index contributed by atoms with van der Waals surface area (Å²) in [5, 5.41) is 20.5. The maximum absolute atomic E-state index is 12.7. The van der Waals surface area contributed by atoms with Gasteiger partial charge in [0.15, 0.2) is 0 Å². The molecule has 102 valence electrons. The lowest BCUT2D eigenvalue weighted by Crippen LogP contribution is -2.30. The Hall–Kier alpha value is -2.25. The summed E-state index contributed by atoms with van der Waals surface area (Å²) in [4.78, 5) is 15.4. The molecule has 1 aromatic heterocycles. The van der Waals surface area contributed by atoms with Gasteiger partial charge >= 0.3 is 7.12 Å². The third kappa shape index (κ3) is 3.63. The number of carbonyl (C=O) groups is 1. The Morgan fingerprint density at radius 3 is 2.45 bits per heavy atom. The molecule has 0 atom stereocenters. The first-order chi connectivity index (χ1) is 9.56. The Morgan fingerprint density at radius 1 is 1.20 bits per heavy atom. The number of hydrogen-bond acceptors (Lipinski definition) is 4. The number of pyridine rings is 1. The minimum atomic E-state index is -1.51. The average molecular weight is 274 g/mol. The van der Waals surface area contributed by atoms with Crippen LogP contribution in [-0.4, -0.2) is 28.1 Å². The molecule has 0 aliphatic rings. The molecule has 1 amide bonds. The van der Waals surface area contributed by atoms with E-state index in [0.29, 0.717) is 5.46 Å². The van der Waals surface area contributed by atoms with Crippen molar-refractivity contribution < 1.29 is 19.2 Å². The molecule has 1 aromatic carbocycles. The molecule has 2 aromatic rings. The minimum absolute atomic E-state index is 0.133. The van der Waals surface area contributed by atoms with Crippen LogP contribution in [0.5, 0.6) is 0 Å². The van der Waals surface area contributed by atoms with E-state index in [-0.39, 0.29) is 12.2 Å². The lowest BCUT2D eigenvalue weighted by Gasteiger charge is -2.06. The third-order valence-electron chi connectivity index (χ3n) is 2.69. The number of amides is 1. The topological polar surface area (TPSA) is 82.5 Å². The molecule has 0 fully saturated rings. The highest BCUT2D eigenvalue weighted by Gasteiger charge is 2.10. The second-order valence-electron chi connectivity index (χ2n) is 4.16. The summed E-state index contributed by atoms with van der Waals surface area (Å²) >= 11 is 0. The molecule has 5 nitrogen and oxygen atoms in total. The molecule has 0 saturated carbocycles. The second kappa shape index (κ2) is 6.27. The molecule has 0 aliphatic heterocycles. The van der Waals surface area contributed by atoms with Crippen molar-refractivity contribution in [1.82, 2.24) is 10.3 Å². The van der Waals surface area contributed by atoms with Crippen LogP contribution in [0.4, 0.5) is 4.39 Å². The molecule has 3 N–H and O–H groups in total. The Labute approximate surface area is 115 Å². The van der Waals surface area contributed by atoms with Crippen LogP contribution in [0.1, 0.15) is 16.1 Å². The molecule has 1 heterocycles. The van der Waals surface area contributed by atoms with Gasteiger partial charge in [0.25, 0.3) is 5.91 Å². The quantitative estimate of drug-likeness (QED) is 0.676. The van der Waals surface area contributed by atoms with Crippen molar-refractivity contribution in [2.45, 2.75) is 6.54 Å². The summed E-state index contributed by atoms with van der Waals surface area (Å²) in [5.41, 5.74) is 1.30. The minimum Gasteiger partial charge on any atom is -0.423 e. The highest BCUT2D eigenvalue weighted by Crippen LogP contribution is 2.00. The van der Waals surface area contributed by atoms with Crippen LogP contribution < -0.4 is 10.8 Å². The Morgan fingerprint density at radius 2 is 1.90 bits per heavy atom. The number of halogens is 1. The Kier molecular flexibility index (Phi) is 4.44. The summed E-state index contributed by atoms with van der Waals surface area (Å²) in [6, 6.07) is 8.93. The molecule has 7 heteroatoms. The molecular weight excluding hydrogens is 262 g/mol. The van der Waals surface area contributed by atoms with Crippen LogP contribution >= 0.6 is 0 Å². The number of nitrogens with zero attached hydrogens (tertiary/aromatic N) is 1. The van der Waals surface area contributed by atoms with E-state index in [1.54, 1.807) is 24.3 Å². The smallest absolute Gasteiger partial charge is 0.423 e. The second-order valence-corrected chi connectivity index (χ2v) is 4.16. The van der Waals surface area contributed by atoms with Gasteiger partial charge in [-0.15, -0.1) is 0 Å². The highest BCUT2D eigenvalue weighted by molar-refractivity contribution is 6.58. The number of nitrogens with one attached hydrogen (secondary N) is 1. The zero-order valence-corrected chi connectivity index (χ0v) is 10.5. The fraction of sp³-hybridized carbons (Fsp3) is 0.0769. The van der Waals surface area contributed by atoms with Crippen LogP contribution in [-0.2, 0) is 6.54 Å². The third-order valence-corrected chi connectivity index (χ3v) is 2.69. The van der Waals surface area contributed by atoms with E-state index >= 15 is 0 Å². The van der Waals surface area contributed by atoms with Gasteiger partial charge in [-0.05, 0) is 23.2 Å². The van der Waals surface area contributed by atoms with Crippen LogP contribution in [0.15, 0.2) is 42.6 Å². The van der Waals surface area contributed by atoms with Crippen molar-refractivity contribution in [3.8, 4) is 0 Å². The van der Waals surface area contributed by atoms with E-state index in [4.69, 9.17) is 10.0 Å². The van der Waals surface area contributed by atoms with Crippen LogP contribution in [0.3, 0.4) is 0 Å². The fourth-order valence-corrected chi connectivity index (χ4v) is 1.59. The van der Waals surface area contributed by atoms with E-state index in [9.17, 15) is 9.18 Å². The number of rotatable bonds is 4. The van der Waals surface area contributed by atoms with Crippen LogP contribution in [0.25, 0.3) is 0 Å². The van der Waals surface area contributed by atoms with Gasteiger partial charge in [-0.2, -0.15) is 0 Å². The van der Waals surface area contributed by atoms with Crippen LogP contribution in [0, 0.1) is 5.82 Å². The van der Waals surface area contributed by atoms with Gasteiger partial charge in [-0.1, -0.05) is 24.3 Å². The van der Waals surface area contributed by atoms with Crippen molar-refractivity contribution in [2.24, 2.45) is 0 Å². The van der Waals surface area contributed by atoms with Gasteiger partial charge in [0.1, 0.15) is 11.5 Å². The SMILES string of the molecule is O=C(NCc1ccc(B(O)O)cc1)c1ccc(F)cn1. The van der Waals surface area contributed by atoms with Gasteiger partial charge in [-0.3, -0.25) is 4.79 Å². The fourth-order valence-electron chi connectivity index (χ4n) is 1.59. The zero-order valence-electron chi connectivity index (χ0n) is 10.5. The van der Waals surface area contributed by atoms with Gasteiger partial charge in [0.05, 0.1) is 6.20 Å². The number of benzene rings is 1. The summed E-state index contributed by atoms with van der Waals surface area (Å²) in [5.74, 6) is -0.907. The first kappa shape index (κ1) is 14.2. The van der Waals surface area contributed by atoms with Crippen molar-refractivity contribution in [3.63, 3.8) is 0 Å². The molecule has 0 aliphatic carbocycles. The summed E-state index contributed by atoms with van der Waals surface area (Å²) in [6.07, 6.45) is 0.979. The molecule has 20 heavy (non-hydrogen) atoms. The van der Waals surface area contributed by atoms with Crippen molar-refractivity contribution in [1.29, 1.82) is 0 Å². The predicted molar refractivity (Wildman–Crippen MR) is 71.6 cm³/mol. The van der Waals surface area contributed by atoms with E-state index in [2.05, 4.69) is 10.3 Å². The predicted octanol–water partition coefficient (Wildman–Crippen LogP) is -0.170. The highest BCUT2D eigenvalue weighted by atomic mass is 19.1. The van der Waals surface area contributed by atoms with Gasteiger partial charge in [-0.25, -0.2) is 9.37 Å². The molecule has 0 saturated heterocycles. The lowest BCUT2D eigenvalue weighted by molar-refractivity contribution is 0.0946. The maximum Gasteiger partial charge on any atom is 0.488 e. The summed E-state index contributed by atoms with van der Waals surface area (Å²) < 4.78 is 12.7. The van der Waals surface area contributed by atoms with Gasteiger partial charge in [0.2, 0.25) is 0 Å². The van der Waals surface area contributed by atoms with Crippen molar-refractivity contribution in [3.05, 3.63) is 59.7 Å². The zero-order chi connectivity index (χ0) is 14.5. The largest absolute Gasteiger partial charge is 0.488 e. The van der Waals surface area contributed by atoms with Crippen molar-refractivity contribution >= 4 is 18.5 Å². The molecule has 0 radical (unpaired) electrons. The summed E-state index contributed by atoms with van der Waals surface area (Å²) in [7, 11) is -1.51. The molecular formula is C13H12BFN2O3. The monoisotopic (exact) mass is 274 g/mol. The first-order valence-corrected chi connectivity index (χ1v) is 5.91. The van der Waals surface area contributed by atoms with E-state index in [1.165, 1.54) is 12.1 Å². The van der Waals surface area contributed by atoms with Crippen LogP contribution in [0.2, 0.25) is 0 Å². The molecule has 0 bridgehead atoms. The standard InChI is InChI=1S/C13H12BFN2O3/c15-11-5-6-12(16-8-11)13(18)17-7-9-1-3-10(4-2-9)14(19)20/h1-6,8,19-20H,7H2,(H,17,18). The van der Waals surface area contributed by atoms with E-state index in [1.807, 2.05) is 0 Å². The van der Waals surface area contributed by atoms with E-state index in [0.717, 1.165) is 11.8 Å². The lowest BCUT2D eigenvalue weighted by atomic mass is 9.80.